The van der Waals surface area contributed by atoms with Gasteiger partial charge in [-0.3, -0.25) is 4.79 Å². The van der Waals surface area contributed by atoms with Crippen molar-refractivity contribution >= 4 is 28.4 Å². The van der Waals surface area contributed by atoms with E-state index in [4.69, 9.17) is 0 Å². The van der Waals surface area contributed by atoms with Gasteiger partial charge in [-0.1, -0.05) is 24.3 Å². The van der Waals surface area contributed by atoms with Crippen LogP contribution < -0.4 is 0 Å². The van der Waals surface area contributed by atoms with Gasteiger partial charge in [-0.05, 0) is 51.9 Å². The molecule has 98 valence electrons. The maximum atomic E-state index is 13.4. The summed E-state index contributed by atoms with van der Waals surface area (Å²) in [5.41, 5.74) is 0.984. The van der Waals surface area contributed by atoms with E-state index in [1.165, 1.54) is 12.1 Å². The van der Waals surface area contributed by atoms with Crippen LogP contribution in [0, 0.1) is 15.2 Å². The molecule has 0 amide bonds. The summed E-state index contributed by atoms with van der Waals surface area (Å²) in [6, 6.07) is 11.4. The first-order valence-electron chi connectivity index (χ1n) is 5.75. The molecule has 0 aliphatic carbocycles. The molecule has 19 heavy (non-hydrogen) atoms. The van der Waals surface area contributed by atoms with Crippen LogP contribution in [0.25, 0.3) is 0 Å². The molecule has 0 saturated carbocycles. The SMILES string of the molecule is O=C(Cc1ccc(I)cc1)Cc1cccc(F)c1F. The Labute approximate surface area is 123 Å². The Balaban J connectivity index is 2.05. The van der Waals surface area contributed by atoms with Crippen molar-refractivity contribution in [1.82, 2.24) is 0 Å². The van der Waals surface area contributed by atoms with E-state index in [2.05, 4.69) is 22.6 Å². The number of carbonyl (C=O) groups is 1. The highest BCUT2D eigenvalue weighted by atomic mass is 127. The summed E-state index contributed by atoms with van der Waals surface area (Å²) >= 11 is 2.18. The van der Waals surface area contributed by atoms with Gasteiger partial charge in [0.1, 0.15) is 5.78 Å². The smallest absolute Gasteiger partial charge is 0.162 e. The van der Waals surface area contributed by atoms with Crippen molar-refractivity contribution in [3.8, 4) is 0 Å². The largest absolute Gasteiger partial charge is 0.299 e. The molecule has 0 bridgehead atoms. The van der Waals surface area contributed by atoms with Gasteiger partial charge in [0, 0.05) is 16.4 Å². The number of halogens is 3. The van der Waals surface area contributed by atoms with Gasteiger partial charge in [-0.15, -0.1) is 0 Å². The molecule has 0 unspecified atom stereocenters. The van der Waals surface area contributed by atoms with Crippen molar-refractivity contribution in [1.29, 1.82) is 0 Å². The Kier molecular flexibility index (Phi) is 4.63. The summed E-state index contributed by atoms with van der Waals surface area (Å²) in [4.78, 5) is 11.8. The highest BCUT2D eigenvalue weighted by Crippen LogP contribution is 2.14. The molecule has 0 aliphatic rings. The van der Waals surface area contributed by atoms with Gasteiger partial charge < -0.3 is 0 Å². The quantitative estimate of drug-likeness (QED) is 0.744. The molecule has 2 aromatic rings. The van der Waals surface area contributed by atoms with Crippen molar-refractivity contribution in [2.45, 2.75) is 12.8 Å². The Morgan fingerprint density at radius 1 is 1.00 bits per heavy atom. The summed E-state index contributed by atoms with van der Waals surface area (Å²) in [6.45, 7) is 0. The summed E-state index contributed by atoms with van der Waals surface area (Å²) < 4.78 is 27.5. The molecule has 0 atom stereocenters. The van der Waals surface area contributed by atoms with Crippen molar-refractivity contribution in [3.05, 3.63) is 68.8 Å². The lowest BCUT2D eigenvalue weighted by atomic mass is 10.0. The molecule has 0 saturated heterocycles. The van der Waals surface area contributed by atoms with E-state index in [1.54, 1.807) is 0 Å². The van der Waals surface area contributed by atoms with Crippen LogP contribution in [0.15, 0.2) is 42.5 Å². The van der Waals surface area contributed by atoms with Gasteiger partial charge in [-0.2, -0.15) is 0 Å². The molecule has 0 fully saturated rings. The molecule has 1 nitrogen and oxygen atoms in total. The van der Waals surface area contributed by atoms with Crippen LogP contribution in [0.2, 0.25) is 0 Å². The molecule has 0 aromatic heterocycles. The first-order valence-corrected chi connectivity index (χ1v) is 6.83. The number of Topliss-reactive ketones (excluding diaryl/α,β-unsaturated/α-hetero) is 1. The monoisotopic (exact) mass is 372 g/mol. The molecule has 2 rings (SSSR count). The summed E-state index contributed by atoms with van der Waals surface area (Å²) in [5.74, 6) is -1.98. The number of benzene rings is 2. The van der Waals surface area contributed by atoms with E-state index in [0.29, 0.717) is 0 Å². The number of hydrogen-bond donors (Lipinski definition) is 0. The third kappa shape index (κ3) is 3.83. The Hall–Kier alpha value is -1.30. The van der Waals surface area contributed by atoms with Crippen molar-refractivity contribution in [2.24, 2.45) is 0 Å². The lowest BCUT2D eigenvalue weighted by Crippen LogP contribution is -2.08. The predicted molar refractivity (Wildman–Crippen MR) is 77.9 cm³/mol. The minimum absolute atomic E-state index is 0.0877. The molecule has 0 spiro atoms. The molecule has 0 heterocycles. The van der Waals surface area contributed by atoms with Gasteiger partial charge in [0.25, 0.3) is 0 Å². The minimum Gasteiger partial charge on any atom is -0.299 e. The lowest BCUT2D eigenvalue weighted by Gasteiger charge is -2.04. The second-order valence-corrected chi connectivity index (χ2v) is 5.48. The molecule has 0 aliphatic heterocycles. The maximum absolute atomic E-state index is 13.4. The van der Waals surface area contributed by atoms with Gasteiger partial charge in [-0.25, -0.2) is 8.78 Å². The van der Waals surface area contributed by atoms with E-state index in [9.17, 15) is 13.6 Å². The number of hydrogen-bond acceptors (Lipinski definition) is 1. The Morgan fingerprint density at radius 3 is 2.37 bits per heavy atom. The van der Waals surface area contributed by atoms with E-state index in [1.807, 2.05) is 24.3 Å². The number of carbonyl (C=O) groups excluding carboxylic acids is 1. The van der Waals surface area contributed by atoms with Crippen molar-refractivity contribution in [3.63, 3.8) is 0 Å². The molecule has 0 radical (unpaired) electrons. The second-order valence-electron chi connectivity index (χ2n) is 4.23. The molecule has 2 aromatic carbocycles. The van der Waals surface area contributed by atoms with Gasteiger partial charge in [0.05, 0.1) is 0 Å². The maximum Gasteiger partial charge on any atom is 0.162 e. The van der Waals surface area contributed by atoms with Crippen LogP contribution in [0.5, 0.6) is 0 Å². The average molecular weight is 372 g/mol. The second kappa shape index (κ2) is 6.23. The average Bonchev–Trinajstić information content (AvgIpc) is 2.38. The fourth-order valence-corrected chi connectivity index (χ4v) is 2.15. The summed E-state index contributed by atoms with van der Waals surface area (Å²) in [5, 5.41) is 0. The molecule has 4 heteroatoms. The minimum atomic E-state index is -0.932. The van der Waals surface area contributed by atoms with Crippen LogP contribution in [0.1, 0.15) is 11.1 Å². The first kappa shape index (κ1) is 14.1. The fourth-order valence-electron chi connectivity index (χ4n) is 1.79. The van der Waals surface area contributed by atoms with E-state index in [-0.39, 0.29) is 24.2 Å². The molecular formula is C15H11F2IO. The van der Waals surface area contributed by atoms with Crippen LogP contribution in [0.3, 0.4) is 0 Å². The highest BCUT2D eigenvalue weighted by molar-refractivity contribution is 14.1. The highest BCUT2D eigenvalue weighted by Gasteiger charge is 2.12. The summed E-state index contributed by atoms with van der Waals surface area (Å²) in [6.07, 6.45) is 0.141. The van der Waals surface area contributed by atoms with Gasteiger partial charge in [0.15, 0.2) is 11.6 Å². The molecular weight excluding hydrogens is 361 g/mol. The third-order valence-electron chi connectivity index (χ3n) is 2.73. The molecule has 0 N–H and O–H groups in total. The number of ketones is 1. The third-order valence-corrected chi connectivity index (χ3v) is 3.45. The van der Waals surface area contributed by atoms with Crippen LogP contribution in [-0.4, -0.2) is 5.78 Å². The zero-order valence-electron chi connectivity index (χ0n) is 10.00. The fraction of sp³-hybridized carbons (Fsp3) is 0.133. The van der Waals surface area contributed by atoms with Crippen molar-refractivity contribution in [2.75, 3.05) is 0 Å². The number of rotatable bonds is 4. The van der Waals surface area contributed by atoms with Gasteiger partial charge in [0.2, 0.25) is 0 Å². The zero-order chi connectivity index (χ0) is 13.8. The lowest BCUT2D eigenvalue weighted by molar-refractivity contribution is -0.117. The van der Waals surface area contributed by atoms with E-state index in [0.717, 1.165) is 15.2 Å². The van der Waals surface area contributed by atoms with Gasteiger partial charge >= 0.3 is 0 Å². The van der Waals surface area contributed by atoms with E-state index < -0.39 is 11.6 Å². The van der Waals surface area contributed by atoms with E-state index >= 15 is 0 Å². The predicted octanol–water partition coefficient (Wildman–Crippen LogP) is 3.92. The topological polar surface area (TPSA) is 17.1 Å². The van der Waals surface area contributed by atoms with Crippen molar-refractivity contribution < 1.29 is 13.6 Å². The van der Waals surface area contributed by atoms with Crippen LogP contribution in [0.4, 0.5) is 8.78 Å². The normalized spacial score (nSPS) is 10.5. The Morgan fingerprint density at radius 2 is 1.68 bits per heavy atom. The summed E-state index contributed by atoms with van der Waals surface area (Å²) in [7, 11) is 0. The van der Waals surface area contributed by atoms with Crippen LogP contribution in [-0.2, 0) is 17.6 Å². The first-order chi connectivity index (χ1) is 9.06. The Bertz CT molecular complexity index is 594. The standard InChI is InChI=1S/C15H11F2IO/c16-14-3-1-2-11(15(14)17)9-13(19)8-10-4-6-12(18)7-5-10/h1-7H,8-9H2. The van der Waals surface area contributed by atoms with Crippen LogP contribution >= 0.6 is 22.6 Å². The zero-order valence-corrected chi connectivity index (χ0v) is 12.2.